The normalized spacial score (nSPS) is 12.1. The van der Waals surface area contributed by atoms with Crippen LogP contribution in [0.1, 0.15) is 17.2 Å². The first kappa shape index (κ1) is 13.4. The Morgan fingerprint density at radius 1 is 1.10 bits per heavy atom. The molecule has 0 aliphatic carbocycles. The molecule has 0 saturated carbocycles. The van der Waals surface area contributed by atoms with Crippen molar-refractivity contribution in [3.63, 3.8) is 0 Å². The van der Waals surface area contributed by atoms with E-state index < -0.39 is 6.10 Å². The highest BCUT2D eigenvalue weighted by atomic mass is 16.5. The average Bonchev–Trinajstić information content (AvgIpc) is 3.04. The molecule has 2 aromatic carbocycles. The van der Waals surface area contributed by atoms with Crippen molar-refractivity contribution in [2.75, 3.05) is 7.11 Å². The number of aliphatic hydroxyl groups is 1. The van der Waals surface area contributed by atoms with Gasteiger partial charge in [0.1, 0.15) is 11.9 Å². The topological polar surface area (TPSA) is 58.1 Å². The number of nitrogens with zero attached hydrogens (tertiary/aromatic N) is 1. The van der Waals surface area contributed by atoms with Gasteiger partial charge in [0.05, 0.1) is 19.0 Å². The summed E-state index contributed by atoms with van der Waals surface area (Å²) < 4.78 is 5.20. The maximum Gasteiger partial charge on any atom is 0.119 e. The van der Waals surface area contributed by atoms with Gasteiger partial charge in [-0.05, 0) is 23.3 Å². The van der Waals surface area contributed by atoms with Crippen molar-refractivity contribution in [1.82, 2.24) is 10.2 Å². The van der Waals surface area contributed by atoms with Gasteiger partial charge in [-0.3, -0.25) is 5.10 Å². The lowest BCUT2D eigenvalue weighted by Crippen LogP contribution is -2.00. The van der Waals surface area contributed by atoms with Crippen LogP contribution in [0, 0.1) is 0 Å². The Morgan fingerprint density at radius 2 is 1.90 bits per heavy atom. The van der Waals surface area contributed by atoms with E-state index in [4.69, 9.17) is 4.74 Å². The molecule has 1 atom stereocenters. The molecule has 21 heavy (non-hydrogen) atoms. The van der Waals surface area contributed by atoms with Crippen LogP contribution in [-0.4, -0.2) is 22.4 Å². The molecular formula is C17H16N2O2. The molecule has 0 fully saturated rings. The van der Waals surface area contributed by atoms with Gasteiger partial charge in [0.25, 0.3) is 0 Å². The van der Waals surface area contributed by atoms with E-state index in [2.05, 4.69) is 10.2 Å². The standard InChI is InChI=1S/C17H16N2O2/c1-21-14-9-5-8-13(10-14)17(20)15-11-18-19-16(15)12-6-3-2-4-7-12/h2-11,17,20H,1H3,(H,18,19). The number of hydrogen-bond acceptors (Lipinski definition) is 3. The number of aromatic nitrogens is 2. The molecule has 3 aromatic rings. The summed E-state index contributed by atoms with van der Waals surface area (Å²) in [7, 11) is 1.61. The molecule has 106 valence electrons. The zero-order valence-electron chi connectivity index (χ0n) is 11.7. The van der Waals surface area contributed by atoms with E-state index in [0.717, 1.165) is 28.1 Å². The van der Waals surface area contributed by atoms with Crippen molar-refractivity contribution in [3.05, 3.63) is 71.9 Å². The van der Waals surface area contributed by atoms with Crippen LogP contribution >= 0.6 is 0 Å². The third-order valence-corrected chi connectivity index (χ3v) is 3.44. The predicted molar refractivity (Wildman–Crippen MR) is 81.1 cm³/mol. The summed E-state index contributed by atoms with van der Waals surface area (Å²) in [6, 6.07) is 17.2. The lowest BCUT2D eigenvalue weighted by atomic mass is 9.99. The van der Waals surface area contributed by atoms with Gasteiger partial charge in [-0.15, -0.1) is 0 Å². The van der Waals surface area contributed by atoms with Crippen molar-refractivity contribution in [2.45, 2.75) is 6.10 Å². The summed E-state index contributed by atoms with van der Waals surface area (Å²) in [5, 5.41) is 17.7. The number of aromatic amines is 1. The Kier molecular flexibility index (Phi) is 3.71. The van der Waals surface area contributed by atoms with Crippen LogP contribution in [-0.2, 0) is 0 Å². The van der Waals surface area contributed by atoms with Crippen molar-refractivity contribution >= 4 is 0 Å². The summed E-state index contributed by atoms with van der Waals surface area (Å²) in [5.41, 5.74) is 3.33. The fourth-order valence-electron chi connectivity index (χ4n) is 2.33. The second-order valence-corrected chi connectivity index (χ2v) is 4.75. The Labute approximate surface area is 123 Å². The minimum Gasteiger partial charge on any atom is -0.497 e. The van der Waals surface area contributed by atoms with Crippen LogP contribution in [0.25, 0.3) is 11.3 Å². The molecule has 0 aliphatic heterocycles. The molecule has 4 nitrogen and oxygen atoms in total. The van der Waals surface area contributed by atoms with E-state index >= 15 is 0 Å². The van der Waals surface area contributed by atoms with Crippen LogP contribution in [0.15, 0.2) is 60.8 Å². The molecule has 1 heterocycles. The molecule has 0 spiro atoms. The molecule has 3 rings (SSSR count). The van der Waals surface area contributed by atoms with Crippen LogP contribution < -0.4 is 4.74 Å². The van der Waals surface area contributed by atoms with Crippen LogP contribution in [0.5, 0.6) is 5.75 Å². The predicted octanol–water partition coefficient (Wildman–Crippen LogP) is 3.17. The Bertz CT molecular complexity index is 722. The lowest BCUT2D eigenvalue weighted by molar-refractivity contribution is 0.220. The first-order chi connectivity index (χ1) is 10.3. The van der Waals surface area contributed by atoms with Gasteiger partial charge in [0, 0.05) is 5.56 Å². The van der Waals surface area contributed by atoms with Crippen LogP contribution in [0.4, 0.5) is 0 Å². The van der Waals surface area contributed by atoms with E-state index in [1.54, 1.807) is 13.3 Å². The second-order valence-electron chi connectivity index (χ2n) is 4.75. The number of ether oxygens (including phenoxy) is 1. The number of H-pyrrole nitrogens is 1. The molecule has 0 bridgehead atoms. The monoisotopic (exact) mass is 280 g/mol. The minimum absolute atomic E-state index is 0.719. The van der Waals surface area contributed by atoms with Gasteiger partial charge in [0.15, 0.2) is 0 Å². The first-order valence-electron chi connectivity index (χ1n) is 6.70. The van der Waals surface area contributed by atoms with Crippen LogP contribution in [0.2, 0.25) is 0 Å². The Morgan fingerprint density at radius 3 is 2.67 bits per heavy atom. The van der Waals surface area contributed by atoms with Crippen molar-refractivity contribution < 1.29 is 9.84 Å². The molecule has 4 heteroatoms. The molecule has 1 aromatic heterocycles. The maximum atomic E-state index is 10.6. The van der Waals surface area contributed by atoms with Gasteiger partial charge in [-0.2, -0.15) is 5.10 Å². The SMILES string of the molecule is COc1cccc(C(O)c2cn[nH]c2-c2ccccc2)c1. The van der Waals surface area contributed by atoms with E-state index in [1.165, 1.54) is 0 Å². The average molecular weight is 280 g/mol. The second kappa shape index (κ2) is 5.81. The van der Waals surface area contributed by atoms with Gasteiger partial charge in [0.2, 0.25) is 0 Å². The number of nitrogens with one attached hydrogen (secondary N) is 1. The van der Waals surface area contributed by atoms with E-state index in [-0.39, 0.29) is 0 Å². The largest absolute Gasteiger partial charge is 0.497 e. The molecule has 0 saturated heterocycles. The minimum atomic E-state index is -0.756. The lowest BCUT2D eigenvalue weighted by Gasteiger charge is -2.12. The van der Waals surface area contributed by atoms with Gasteiger partial charge >= 0.3 is 0 Å². The smallest absolute Gasteiger partial charge is 0.119 e. The number of hydrogen-bond donors (Lipinski definition) is 2. The molecule has 2 N–H and O–H groups in total. The van der Waals surface area contributed by atoms with Crippen molar-refractivity contribution in [1.29, 1.82) is 0 Å². The summed E-state index contributed by atoms with van der Waals surface area (Å²) in [4.78, 5) is 0. The summed E-state index contributed by atoms with van der Waals surface area (Å²) in [6.07, 6.45) is 0.904. The van der Waals surface area contributed by atoms with Gasteiger partial charge in [-0.25, -0.2) is 0 Å². The molecule has 0 amide bonds. The molecule has 1 unspecified atom stereocenters. The number of methoxy groups -OCH3 is 1. The zero-order chi connectivity index (χ0) is 14.7. The van der Waals surface area contributed by atoms with E-state index in [0.29, 0.717) is 0 Å². The fraction of sp³-hybridized carbons (Fsp3) is 0.118. The third-order valence-electron chi connectivity index (χ3n) is 3.44. The number of benzene rings is 2. The van der Waals surface area contributed by atoms with Crippen molar-refractivity contribution in [2.24, 2.45) is 0 Å². The van der Waals surface area contributed by atoms with E-state index in [1.807, 2.05) is 54.6 Å². The van der Waals surface area contributed by atoms with Crippen molar-refractivity contribution in [3.8, 4) is 17.0 Å². The summed E-state index contributed by atoms with van der Waals surface area (Å²) in [6.45, 7) is 0. The van der Waals surface area contributed by atoms with Gasteiger partial charge in [-0.1, -0.05) is 42.5 Å². The Hall–Kier alpha value is -2.59. The molecule has 0 aliphatic rings. The van der Waals surface area contributed by atoms with Crippen LogP contribution in [0.3, 0.4) is 0 Å². The highest BCUT2D eigenvalue weighted by Crippen LogP contribution is 2.31. The summed E-state index contributed by atoms with van der Waals surface area (Å²) in [5.74, 6) is 0.719. The highest BCUT2D eigenvalue weighted by Gasteiger charge is 2.18. The van der Waals surface area contributed by atoms with Gasteiger partial charge < -0.3 is 9.84 Å². The van der Waals surface area contributed by atoms with E-state index in [9.17, 15) is 5.11 Å². The fourth-order valence-corrected chi connectivity index (χ4v) is 2.33. The number of aliphatic hydroxyl groups excluding tert-OH is 1. The molecule has 0 radical (unpaired) electrons. The quantitative estimate of drug-likeness (QED) is 0.771. The Balaban J connectivity index is 1.99. The zero-order valence-corrected chi connectivity index (χ0v) is 11.7. The highest BCUT2D eigenvalue weighted by molar-refractivity contribution is 5.63. The summed E-state index contributed by atoms with van der Waals surface area (Å²) >= 11 is 0. The maximum absolute atomic E-state index is 10.6. The number of rotatable bonds is 4. The molecular weight excluding hydrogens is 264 g/mol. The first-order valence-corrected chi connectivity index (χ1v) is 6.70. The third kappa shape index (κ3) is 2.66.